The zero-order chi connectivity index (χ0) is 21.7. The number of benzene rings is 2. The van der Waals surface area contributed by atoms with Crippen molar-refractivity contribution in [3.8, 4) is 0 Å². The van der Waals surface area contributed by atoms with Crippen molar-refractivity contribution >= 4 is 34.7 Å². The van der Waals surface area contributed by atoms with Crippen LogP contribution in [0.2, 0.25) is 5.02 Å². The number of rotatable bonds is 9. The van der Waals surface area contributed by atoms with Crippen molar-refractivity contribution in [2.45, 2.75) is 6.92 Å². The van der Waals surface area contributed by atoms with E-state index in [4.69, 9.17) is 21.1 Å². The molecule has 1 heterocycles. The van der Waals surface area contributed by atoms with Crippen molar-refractivity contribution in [2.24, 2.45) is 0 Å². The molecular formula is C23H25ClN2O4. The zero-order valence-electron chi connectivity index (χ0n) is 17.4. The summed E-state index contributed by atoms with van der Waals surface area (Å²) in [6.07, 6.45) is 0. The molecule has 7 heteroatoms. The molecule has 0 N–H and O–H groups in total. The van der Waals surface area contributed by atoms with Gasteiger partial charge in [0.15, 0.2) is 0 Å². The normalized spacial score (nSPS) is 14.1. The summed E-state index contributed by atoms with van der Waals surface area (Å²) in [4.78, 5) is 30.2. The number of nitrogens with zero attached hydrogens (tertiary/aromatic N) is 2. The van der Waals surface area contributed by atoms with Crippen LogP contribution in [0.3, 0.4) is 0 Å². The lowest BCUT2D eigenvalue weighted by Gasteiger charge is -2.26. The Morgan fingerprint density at radius 1 is 0.900 bits per heavy atom. The first-order valence-corrected chi connectivity index (χ1v) is 10.1. The van der Waals surface area contributed by atoms with Gasteiger partial charge in [-0.2, -0.15) is 0 Å². The Kier molecular flexibility index (Phi) is 7.26. The van der Waals surface area contributed by atoms with Gasteiger partial charge in [0.25, 0.3) is 11.8 Å². The molecule has 0 saturated carbocycles. The molecule has 0 spiro atoms. The van der Waals surface area contributed by atoms with Gasteiger partial charge in [0, 0.05) is 32.3 Å². The Balaban J connectivity index is 2.14. The minimum Gasteiger partial charge on any atom is -0.383 e. The fourth-order valence-corrected chi connectivity index (χ4v) is 3.64. The minimum absolute atomic E-state index is 0.347. The largest absolute Gasteiger partial charge is 0.383 e. The summed E-state index contributed by atoms with van der Waals surface area (Å²) in [5.41, 5.74) is 2.56. The third-order valence-electron chi connectivity index (χ3n) is 5.05. The smallest absolute Gasteiger partial charge is 0.282 e. The quantitative estimate of drug-likeness (QED) is 0.572. The van der Waals surface area contributed by atoms with E-state index in [2.05, 4.69) is 0 Å². The molecule has 0 aromatic heterocycles. The Bertz CT molecular complexity index is 951. The molecule has 6 nitrogen and oxygen atoms in total. The molecule has 0 radical (unpaired) electrons. The summed E-state index contributed by atoms with van der Waals surface area (Å²) in [6.45, 7) is 3.52. The molecular weight excluding hydrogens is 404 g/mol. The fourth-order valence-electron chi connectivity index (χ4n) is 3.47. The molecule has 3 rings (SSSR count). The molecule has 0 atom stereocenters. The average Bonchev–Trinajstić information content (AvgIpc) is 3.01. The summed E-state index contributed by atoms with van der Waals surface area (Å²) >= 11 is 6.27. The Morgan fingerprint density at radius 3 is 2.13 bits per heavy atom. The highest BCUT2D eigenvalue weighted by atomic mass is 35.5. The number of halogens is 1. The highest BCUT2D eigenvalue weighted by molar-refractivity contribution is 6.46. The second kappa shape index (κ2) is 9.89. The second-order valence-corrected chi connectivity index (χ2v) is 7.30. The molecule has 1 aliphatic rings. The van der Waals surface area contributed by atoms with E-state index in [1.807, 2.05) is 35.2 Å². The van der Waals surface area contributed by atoms with Crippen LogP contribution in [0.1, 0.15) is 11.1 Å². The van der Waals surface area contributed by atoms with Crippen molar-refractivity contribution < 1.29 is 19.1 Å². The molecule has 0 saturated heterocycles. The second-order valence-electron chi connectivity index (χ2n) is 6.89. The number of hydrogen-bond donors (Lipinski definition) is 0. The zero-order valence-corrected chi connectivity index (χ0v) is 18.1. The highest BCUT2D eigenvalue weighted by Gasteiger charge is 2.42. The molecule has 158 valence electrons. The molecule has 0 unspecified atom stereocenters. The number of anilines is 1. The van der Waals surface area contributed by atoms with Gasteiger partial charge in [-0.25, -0.2) is 4.90 Å². The molecule has 0 bridgehead atoms. The van der Waals surface area contributed by atoms with Gasteiger partial charge in [0.1, 0.15) is 5.70 Å². The van der Waals surface area contributed by atoms with Gasteiger partial charge in [-0.1, -0.05) is 48.0 Å². The third kappa shape index (κ3) is 4.26. The van der Waals surface area contributed by atoms with Crippen LogP contribution in [0.5, 0.6) is 0 Å². The summed E-state index contributed by atoms with van der Waals surface area (Å²) in [5, 5.41) is 0.499. The van der Waals surface area contributed by atoms with Gasteiger partial charge in [-0.05, 0) is 30.2 Å². The van der Waals surface area contributed by atoms with Crippen molar-refractivity contribution in [2.75, 3.05) is 45.4 Å². The van der Waals surface area contributed by atoms with Crippen molar-refractivity contribution in [1.82, 2.24) is 4.90 Å². The van der Waals surface area contributed by atoms with Crippen LogP contribution >= 0.6 is 11.6 Å². The van der Waals surface area contributed by atoms with E-state index in [9.17, 15) is 9.59 Å². The van der Waals surface area contributed by atoms with E-state index in [1.54, 1.807) is 39.3 Å². The lowest BCUT2D eigenvalue weighted by molar-refractivity contribution is -0.120. The first-order valence-electron chi connectivity index (χ1n) is 9.67. The summed E-state index contributed by atoms with van der Waals surface area (Å²) < 4.78 is 10.5. The topological polar surface area (TPSA) is 59.1 Å². The Labute approximate surface area is 181 Å². The van der Waals surface area contributed by atoms with Crippen LogP contribution in [0.4, 0.5) is 5.69 Å². The number of ether oxygens (including phenoxy) is 2. The fraction of sp³-hybridized carbons (Fsp3) is 0.304. The lowest BCUT2D eigenvalue weighted by Crippen LogP contribution is -2.38. The molecule has 0 fully saturated rings. The molecule has 2 amide bonds. The van der Waals surface area contributed by atoms with Crippen LogP contribution in [0, 0.1) is 6.92 Å². The van der Waals surface area contributed by atoms with E-state index in [1.165, 1.54) is 4.90 Å². The lowest BCUT2D eigenvalue weighted by atomic mass is 10.0. The number of imide groups is 1. The van der Waals surface area contributed by atoms with Gasteiger partial charge in [-0.3, -0.25) is 9.59 Å². The summed E-state index contributed by atoms with van der Waals surface area (Å²) in [7, 11) is 3.20. The van der Waals surface area contributed by atoms with E-state index < -0.39 is 0 Å². The van der Waals surface area contributed by atoms with Crippen molar-refractivity contribution in [3.05, 3.63) is 70.4 Å². The number of hydrogen-bond acceptors (Lipinski definition) is 5. The van der Waals surface area contributed by atoms with Crippen LogP contribution < -0.4 is 4.90 Å². The van der Waals surface area contributed by atoms with E-state index in [-0.39, 0.29) is 11.8 Å². The standard InChI is InChI=1S/C23H25ClN2O4/c1-16-18(24)10-7-11-19(16)26-22(27)20(17-8-5-4-6-9-17)21(23(26)28)25(12-14-29-2)13-15-30-3/h4-11H,12-15H2,1-3H3. The average molecular weight is 429 g/mol. The van der Waals surface area contributed by atoms with Gasteiger partial charge in [0.05, 0.1) is 24.5 Å². The van der Waals surface area contributed by atoms with Gasteiger partial charge >= 0.3 is 0 Å². The maximum atomic E-state index is 13.6. The first kappa shape index (κ1) is 22.0. The highest BCUT2D eigenvalue weighted by Crippen LogP contribution is 2.37. The number of carbonyl (C=O) groups is 2. The van der Waals surface area contributed by atoms with Gasteiger partial charge in [-0.15, -0.1) is 0 Å². The first-order chi connectivity index (χ1) is 14.5. The molecule has 2 aromatic carbocycles. The molecule has 0 aliphatic carbocycles. The van der Waals surface area contributed by atoms with Crippen LogP contribution in [0.15, 0.2) is 54.2 Å². The Hall–Kier alpha value is -2.67. The Morgan fingerprint density at radius 2 is 1.53 bits per heavy atom. The van der Waals surface area contributed by atoms with Crippen molar-refractivity contribution in [3.63, 3.8) is 0 Å². The number of methoxy groups -OCH3 is 2. The monoisotopic (exact) mass is 428 g/mol. The molecule has 1 aliphatic heterocycles. The number of amides is 2. The van der Waals surface area contributed by atoms with Crippen molar-refractivity contribution in [1.29, 1.82) is 0 Å². The summed E-state index contributed by atoms with van der Waals surface area (Å²) in [5.74, 6) is -0.747. The van der Waals surface area contributed by atoms with E-state index in [0.29, 0.717) is 59.4 Å². The predicted octanol–water partition coefficient (Wildman–Crippen LogP) is 3.53. The van der Waals surface area contributed by atoms with Crippen LogP contribution in [0.25, 0.3) is 5.57 Å². The maximum Gasteiger partial charge on any atom is 0.282 e. The van der Waals surface area contributed by atoms with Gasteiger partial charge in [0.2, 0.25) is 0 Å². The maximum absolute atomic E-state index is 13.6. The summed E-state index contributed by atoms with van der Waals surface area (Å²) in [6, 6.07) is 14.4. The van der Waals surface area contributed by atoms with E-state index >= 15 is 0 Å². The van der Waals surface area contributed by atoms with E-state index in [0.717, 1.165) is 0 Å². The third-order valence-corrected chi connectivity index (χ3v) is 5.46. The van der Waals surface area contributed by atoms with Crippen LogP contribution in [-0.4, -0.2) is 57.2 Å². The minimum atomic E-state index is -0.378. The SMILES string of the molecule is COCCN(CCOC)C1=C(c2ccccc2)C(=O)N(c2cccc(Cl)c2C)C1=O. The van der Waals surface area contributed by atoms with Gasteiger partial charge < -0.3 is 14.4 Å². The molecule has 2 aromatic rings. The number of carbonyl (C=O) groups excluding carboxylic acids is 2. The predicted molar refractivity (Wildman–Crippen MR) is 117 cm³/mol. The molecule has 30 heavy (non-hydrogen) atoms. The van der Waals surface area contributed by atoms with Crippen LogP contribution in [-0.2, 0) is 19.1 Å².